The Labute approximate surface area is 113 Å². The van der Waals surface area contributed by atoms with Crippen LogP contribution in [-0.2, 0) is 14.3 Å². The van der Waals surface area contributed by atoms with Gasteiger partial charge in [-0.2, -0.15) is 0 Å². The number of hydrogen-bond donors (Lipinski definition) is 0. The molecule has 0 saturated heterocycles. The first-order valence-corrected chi connectivity index (χ1v) is 5.84. The first-order valence-electron chi connectivity index (χ1n) is 5.84. The van der Waals surface area contributed by atoms with Gasteiger partial charge in [0.15, 0.2) is 23.3 Å². The fourth-order valence-electron chi connectivity index (χ4n) is 1.72. The Morgan fingerprint density at radius 3 is 2.80 bits per heavy atom. The number of oxazole rings is 2. The van der Waals surface area contributed by atoms with E-state index in [4.69, 9.17) is 13.6 Å². The average molecular weight is 277 g/mol. The van der Waals surface area contributed by atoms with Crippen LogP contribution in [0.3, 0.4) is 0 Å². The molecule has 0 fully saturated rings. The average Bonchev–Trinajstić information content (AvgIpc) is 3.16. The van der Waals surface area contributed by atoms with Crippen molar-refractivity contribution >= 4 is 11.9 Å². The molecule has 8 nitrogen and oxygen atoms in total. The Kier molecular flexibility index (Phi) is 2.97. The summed E-state index contributed by atoms with van der Waals surface area (Å²) in [6.07, 6.45) is 2.83. The highest BCUT2D eigenvalue weighted by Gasteiger charge is 2.29. The van der Waals surface area contributed by atoms with E-state index in [1.54, 1.807) is 6.92 Å². The molecule has 1 aliphatic rings. The van der Waals surface area contributed by atoms with Crippen molar-refractivity contribution in [2.45, 2.75) is 13.0 Å². The molecular weight excluding hydrogens is 266 g/mol. The monoisotopic (exact) mass is 277 g/mol. The highest BCUT2D eigenvalue weighted by atomic mass is 16.5. The van der Waals surface area contributed by atoms with E-state index in [2.05, 4.69) is 19.7 Å². The van der Waals surface area contributed by atoms with Crippen LogP contribution in [0.25, 0.3) is 11.6 Å². The van der Waals surface area contributed by atoms with Crippen LogP contribution < -0.4 is 0 Å². The summed E-state index contributed by atoms with van der Waals surface area (Å²) in [5.41, 5.74) is 0.879. The van der Waals surface area contributed by atoms with E-state index in [1.807, 2.05) is 0 Å². The lowest BCUT2D eigenvalue weighted by Gasteiger charge is -1.99. The fraction of sp³-hybridized carbons (Fsp3) is 0.333. The normalized spacial score (nSPS) is 17.7. The number of carbonyl (C=O) groups is 1. The van der Waals surface area contributed by atoms with Crippen molar-refractivity contribution in [2.24, 2.45) is 4.99 Å². The molecule has 0 bridgehead atoms. The molecule has 1 aliphatic heterocycles. The quantitative estimate of drug-likeness (QED) is 0.770. The molecule has 3 heterocycles. The van der Waals surface area contributed by atoms with Gasteiger partial charge in [-0.15, -0.1) is 0 Å². The minimum atomic E-state index is -0.663. The molecule has 0 saturated carbocycles. The van der Waals surface area contributed by atoms with Gasteiger partial charge in [0.1, 0.15) is 19.1 Å². The van der Waals surface area contributed by atoms with Gasteiger partial charge in [-0.1, -0.05) is 0 Å². The minimum Gasteiger partial charge on any atom is -0.473 e. The van der Waals surface area contributed by atoms with Gasteiger partial charge in [-0.05, 0) is 0 Å². The van der Waals surface area contributed by atoms with Crippen molar-refractivity contribution in [3.63, 3.8) is 0 Å². The highest BCUT2D eigenvalue weighted by molar-refractivity contribution is 5.96. The molecule has 1 atom stereocenters. The first-order chi connectivity index (χ1) is 9.67. The zero-order chi connectivity index (χ0) is 14.1. The highest BCUT2D eigenvalue weighted by Crippen LogP contribution is 2.20. The van der Waals surface area contributed by atoms with Gasteiger partial charge >= 0.3 is 5.97 Å². The number of nitrogens with zero attached hydrogens (tertiary/aromatic N) is 3. The number of carbonyl (C=O) groups excluding carboxylic acids is 1. The van der Waals surface area contributed by atoms with Crippen molar-refractivity contribution in [2.75, 3.05) is 13.7 Å². The zero-order valence-electron chi connectivity index (χ0n) is 10.8. The van der Waals surface area contributed by atoms with Gasteiger partial charge in [-0.25, -0.2) is 19.8 Å². The molecule has 0 N–H and O–H groups in total. The molecule has 8 heteroatoms. The third kappa shape index (κ3) is 2.15. The maximum atomic E-state index is 11.3. The molecule has 104 valence electrons. The Hall–Kier alpha value is -2.64. The second kappa shape index (κ2) is 4.80. The SMILES string of the molecule is COC(=O)C1COC(c2coc(-c3coc(C)n3)n2)=N1. The number of hydrogen-bond acceptors (Lipinski definition) is 8. The van der Waals surface area contributed by atoms with Crippen LogP contribution in [0.1, 0.15) is 11.6 Å². The molecule has 0 aliphatic carbocycles. The molecular formula is C12H11N3O5. The first kappa shape index (κ1) is 12.4. The molecule has 0 aromatic carbocycles. The second-order valence-electron chi connectivity index (χ2n) is 4.07. The maximum Gasteiger partial charge on any atom is 0.334 e. The summed E-state index contributed by atoms with van der Waals surface area (Å²) >= 11 is 0. The summed E-state index contributed by atoms with van der Waals surface area (Å²) in [6.45, 7) is 1.85. The maximum absolute atomic E-state index is 11.3. The predicted molar refractivity (Wildman–Crippen MR) is 65.0 cm³/mol. The van der Waals surface area contributed by atoms with Crippen molar-refractivity contribution in [3.8, 4) is 11.6 Å². The largest absolute Gasteiger partial charge is 0.473 e. The van der Waals surface area contributed by atoms with Crippen molar-refractivity contribution < 1.29 is 23.1 Å². The molecule has 2 aromatic rings. The van der Waals surface area contributed by atoms with E-state index in [0.29, 0.717) is 23.2 Å². The lowest BCUT2D eigenvalue weighted by molar-refractivity contribution is -0.142. The Morgan fingerprint density at radius 1 is 1.30 bits per heavy atom. The Morgan fingerprint density at radius 2 is 2.10 bits per heavy atom. The van der Waals surface area contributed by atoms with E-state index in [9.17, 15) is 4.79 Å². The number of methoxy groups -OCH3 is 1. The van der Waals surface area contributed by atoms with Gasteiger partial charge < -0.3 is 18.3 Å². The number of aromatic nitrogens is 2. The lowest BCUT2D eigenvalue weighted by atomic mass is 10.3. The third-order valence-corrected chi connectivity index (χ3v) is 2.69. The van der Waals surface area contributed by atoms with Gasteiger partial charge in [0.05, 0.1) is 7.11 Å². The van der Waals surface area contributed by atoms with Crippen molar-refractivity contribution in [3.05, 3.63) is 24.1 Å². The summed E-state index contributed by atoms with van der Waals surface area (Å²) in [6, 6.07) is -0.663. The standard InChI is InChI=1S/C12H11N3O5/c1-6-13-7(3-18-6)10-14-8(4-19-10)11-15-9(5-20-11)12(16)17-2/h3-4,9H,5H2,1-2H3. The second-order valence-corrected chi connectivity index (χ2v) is 4.07. The number of ether oxygens (including phenoxy) is 2. The smallest absolute Gasteiger partial charge is 0.334 e. The van der Waals surface area contributed by atoms with Gasteiger partial charge in [0, 0.05) is 6.92 Å². The predicted octanol–water partition coefficient (Wildman–Crippen LogP) is 0.956. The van der Waals surface area contributed by atoms with Crippen LogP contribution >= 0.6 is 0 Å². The van der Waals surface area contributed by atoms with Crippen LogP contribution in [0.15, 0.2) is 26.4 Å². The van der Waals surface area contributed by atoms with E-state index in [0.717, 1.165) is 0 Å². The molecule has 2 aromatic heterocycles. The van der Waals surface area contributed by atoms with E-state index >= 15 is 0 Å². The van der Waals surface area contributed by atoms with E-state index in [1.165, 1.54) is 19.6 Å². The van der Waals surface area contributed by atoms with E-state index < -0.39 is 12.0 Å². The number of aryl methyl sites for hydroxylation is 1. The van der Waals surface area contributed by atoms with Crippen molar-refractivity contribution in [1.82, 2.24) is 9.97 Å². The van der Waals surface area contributed by atoms with Crippen molar-refractivity contribution in [1.29, 1.82) is 0 Å². The third-order valence-electron chi connectivity index (χ3n) is 2.69. The molecule has 1 unspecified atom stereocenters. The molecule has 0 radical (unpaired) electrons. The summed E-state index contributed by atoms with van der Waals surface area (Å²) in [4.78, 5) is 23.7. The fourth-order valence-corrected chi connectivity index (χ4v) is 1.72. The minimum absolute atomic E-state index is 0.132. The molecule has 3 rings (SSSR count). The van der Waals surface area contributed by atoms with Gasteiger partial charge in [-0.3, -0.25) is 0 Å². The Bertz CT molecular complexity index is 672. The van der Waals surface area contributed by atoms with Crippen LogP contribution in [-0.4, -0.2) is 41.6 Å². The lowest BCUT2D eigenvalue weighted by Crippen LogP contribution is -2.21. The Balaban J connectivity index is 1.82. The summed E-state index contributed by atoms with van der Waals surface area (Å²) < 4.78 is 20.3. The molecule has 0 amide bonds. The van der Waals surface area contributed by atoms with Gasteiger partial charge in [0.25, 0.3) is 0 Å². The topological polar surface area (TPSA) is 100.0 Å². The van der Waals surface area contributed by atoms with Crippen LogP contribution in [0.2, 0.25) is 0 Å². The molecule has 0 spiro atoms. The van der Waals surface area contributed by atoms with Gasteiger partial charge in [0.2, 0.25) is 11.8 Å². The van der Waals surface area contributed by atoms with Crippen LogP contribution in [0.5, 0.6) is 0 Å². The zero-order valence-corrected chi connectivity index (χ0v) is 10.8. The number of rotatable bonds is 3. The summed E-state index contributed by atoms with van der Waals surface area (Å²) in [7, 11) is 1.30. The van der Waals surface area contributed by atoms with Crippen LogP contribution in [0.4, 0.5) is 0 Å². The summed E-state index contributed by atoms with van der Waals surface area (Å²) in [5, 5.41) is 0. The van der Waals surface area contributed by atoms with Crippen LogP contribution in [0, 0.1) is 6.92 Å². The molecule has 20 heavy (non-hydrogen) atoms. The summed E-state index contributed by atoms with van der Waals surface area (Å²) in [5.74, 6) is 0.607. The number of esters is 1. The van der Waals surface area contributed by atoms with E-state index in [-0.39, 0.29) is 12.5 Å². The number of aliphatic imine (C=N–C) groups is 1.